The Labute approximate surface area is 198 Å². The second-order valence-electron chi connectivity index (χ2n) is 9.22. The normalized spacial score (nSPS) is 16.8. The largest absolute Gasteiger partial charge is 0.342 e. The van der Waals surface area contributed by atoms with Gasteiger partial charge in [-0.25, -0.2) is 15.0 Å². The van der Waals surface area contributed by atoms with E-state index in [9.17, 15) is 4.79 Å². The summed E-state index contributed by atoms with van der Waals surface area (Å²) in [5.74, 6) is 1.57. The van der Waals surface area contributed by atoms with Crippen molar-refractivity contribution in [3.63, 3.8) is 0 Å². The van der Waals surface area contributed by atoms with Gasteiger partial charge >= 0.3 is 0 Å². The van der Waals surface area contributed by atoms with Crippen molar-refractivity contribution >= 4 is 16.9 Å². The average Bonchev–Trinajstić information content (AvgIpc) is 3.64. The molecule has 4 aromatic rings. The van der Waals surface area contributed by atoms with Gasteiger partial charge in [0.25, 0.3) is 0 Å². The third-order valence-corrected chi connectivity index (χ3v) is 6.65. The highest BCUT2D eigenvalue weighted by atomic mass is 16.2. The Morgan fingerprint density at radius 2 is 1.88 bits per heavy atom. The van der Waals surface area contributed by atoms with Crippen LogP contribution in [0.15, 0.2) is 55.1 Å². The first kappa shape index (κ1) is 20.9. The molecule has 4 heterocycles. The summed E-state index contributed by atoms with van der Waals surface area (Å²) in [4.78, 5) is 37.8. The van der Waals surface area contributed by atoms with Crippen molar-refractivity contribution in [1.29, 1.82) is 0 Å². The minimum Gasteiger partial charge on any atom is -0.342 e. The maximum absolute atomic E-state index is 12.3. The third-order valence-electron chi connectivity index (χ3n) is 6.65. The zero-order chi connectivity index (χ0) is 22.9. The van der Waals surface area contributed by atoms with E-state index in [1.807, 2.05) is 29.3 Å². The molecule has 8 heteroatoms. The van der Waals surface area contributed by atoms with Crippen molar-refractivity contribution in [1.82, 2.24) is 34.7 Å². The molecule has 2 fully saturated rings. The van der Waals surface area contributed by atoms with Crippen LogP contribution in [0.1, 0.15) is 29.9 Å². The summed E-state index contributed by atoms with van der Waals surface area (Å²) < 4.78 is 0. The Morgan fingerprint density at radius 1 is 1.00 bits per heavy atom. The van der Waals surface area contributed by atoms with Gasteiger partial charge in [-0.05, 0) is 48.7 Å². The number of H-pyrrole nitrogens is 1. The fourth-order valence-electron chi connectivity index (χ4n) is 4.63. The van der Waals surface area contributed by atoms with Gasteiger partial charge in [0.05, 0.1) is 16.7 Å². The van der Waals surface area contributed by atoms with Gasteiger partial charge in [0.15, 0.2) is 0 Å². The maximum Gasteiger partial charge on any atom is 0.225 e. The summed E-state index contributed by atoms with van der Waals surface area (Å²) in [5.41, 5.74) is 6.08. The first-order valence-corrected chi connectivity index (χ1v) is 11.9. The standard InChI is InChI=1S/C26H27N7O/c34-26(19-1-2-19)33-11-9-32(10-12-33)16-18-5-8-28-21(13-18)15-25-30-23-4-3-20(14-24(23)31-25)22-6-7-27-17-29-22/h3-8,13-14,17,19H,1-2,9-12,15-16H2,(H,30,31). The van der Waals surface area contributed by atoms with Crippen LogP contribution in [-0.2, 0) is 17.8 Å². The van der Waals surface area contributed by atoms with Gasteiger partial charge < -0.3 is 9.88 Å². The smallest absolute Gasteiger partial charge is 0.225 e. The summed E-state index contributed by atoms with van der Waals surface area (Å²) >= 11 is 0. The molecule has 1 aromatic carbocycles. The van der Waals surface area contributed by atoms with E-state index in [4.69, 9.17) is 4.98 Å². The lowest BCUT2D eigenvalue weighted by Gasteiger charge is -2.35. The summed E-state index contributed by atoms with van der Waals surface area (Å²) in [6.07, 6.45) is 7.99. The van der Waals surface area contributed by atoms with E-state index in [1.54, 1.807) is 12.5 Å². The van der Waals surface area contributed by atoms with Gasteiger partial charge in [0.2, 0.25) is 5.91 Å². The van der Waals surface area contributed by atoms with Crippen LogP contribution >= 0.6 is 0 Å². The molecule has 172 valence electrons. The van der Waals surface area contributed by atoms with Crippen molar-refractivity contribution in [2.24, 2.45) is 5.92 Å². The first-order chi connectivity index (χ1) is 16.7. The van der Waals surface area contributed by atoms with Crippen LogP contribution < -0.4 is 0 Å². The molecule has 0 spiro atoms. The third kappa shape index (κ3) is 4.54. The van der Waals surface area contributed by atoms with Crippen molar-refractivity contribution in [2.45, 2.75) is 25.8 Å². The topological polar surface area (TPSA) is 90.9 Å². The quantitative estimate of drug-likeness (QED) is 0.483. The van der Waals surface area contributed by atoms with Crippen LogP contribution in [0.2, 0.25) is 0 Å². The predicted octanol–water partition coefficient (Wildman–Crippen LogP) is 3.06. The van der Waals surface area contributed by atoms with Gasteiger partial charge in [0.1, 0.15) is 12.2 Å². The number of pyridine rings is 1. The van der Waals surface area contributed by atoms with Gasteiger partial charge in [-0.3, -0.25) is 14.7 Å². The molecule has 1 N–H and O–H groups in total. The van der Waals surface area contributed by atoms with E-state index in [-0.39, 0.29) is 0 Å². The monoisotopic (exact) mass is 453 g/mol. The van der Waals surface area contributed by atoms with Gasteiger partial charge in [0, 0.05) is 68.7 Å². The second kappa shape index (κ2) is 8.95. The van der Waals surface area contributed by atoms with Crippen molar-refractivity contribution in [3.05, 3.63) is 72.2 Å². The fourth-order valence-corrected chi connectivity index (χ4v) is 4.63. The minimum absolute atomic E-state index is 0.312. The van der Waals surface area contributed by atoms with Crippen LogP contribution in [-0.4, -0.2) is 66.8 Å². The molecule has 6 rings (SSSR count). The lowest BCUT2D eigenvalue weighted by molar-refractivity contribution is -0.134. The van der Waals surface area contributed by atoms with Crippen LogP contribution in [0.25, 0.3) is 22.3 Å². The number of aromatic nitrogens is 5. The minimum atomic E-state index is 0.312. The lowest BCUT2D eigenvalue weighted by atomic mass is 10.1. The summed E-state index contributed by atoms with van der Waals surface area (Å²) in [5, 5.41) is 0. The van der Waals surface area contributed by atoms with E-state index in [0.29, 0.717) is 18.2 Å². The molecule has 0 radical (unpaired) electrons. The summed E-state index contributed by atoms with van der Waals surface area (Å²) in [6.45, 7) is 4.40. The van der Waals surface area contributed by atoms with Crippen LogP contribution in [0.5, 0.6) is 0 Å². The zero-order valence-electron chi connectivity index (χ0n) is 19.0. The number of nitrogens with zero attached hydrogens (tertiary/aromatic N) is 6. The molecule has 8 nitrogen and oxygen atoms in total. The van der Waals surface area contributed by atoms with Crippen LogP contribution in [0, 0.1) is 5.92 Å². The van der Waals surface area contributed by atoms with E-state index < -0.39 is 0 Å². The average molecular weight is 454 g/mol. The van der Waals surface area contributed by atoms with Crippen molar-refractivity contribution in [3.8, 4) is 11.3 Å². The second-order valence-corrected chi connectivity index (χ2v) is 9.22. The summed E-state index contributed by atoms with van der Waals surface area (Å²) in [6, 6.07) is 12.3. The molecule has 34 heavy (non-hydrogen) atoms. The lowest BCUT2D eigenvalue weighted by Crippen LogP contribution is -2.48. The molecule has 1 aliphatic carbocycles. The van der Waals surface area contributed by atoms with Crippen LogP contribution in [0.3, 0.4) is 0 Å². The number of imidazole rings is 1. The number of piperazine rings is 1. The van der Waals surface area contributed by atoms with Gasteiger partial charge in [-0.1, -0.05) is 6.07 Å². The van der Waals surface area contributed by atoms with E-state index >= 15 is 0 Å². The number of hydrogen-bond donors (Lipinski definition) is 1. The summed E-state index contributed by atoms with van der Waals surface area (Å²) in [7, 11) is 0. The number of benzene rings is 1. The predicted molar refractivity (Wildman–Crippen MR) is 129 cm³/mol. The van der Waals surface area contributed by atoms with E-state index in [2.05, 4.69) is 43.0 Å². The maximum atomic E-state index is 12.3. The molecular weight excluding hydrogens is 426 g/mol. The van der Waals surface area contributed by atoms with Crippen molar-refractivity contribution < 1.29 is 4.79 Å². The Morgan fingerprint density at radius 3 is 2.68 bits per heavy atom. The fraction of sp³-hybridized carbons (Fsp3) is 0.346. The number of nitrogens with one attached hydrogen (secondary N) is 1. The highest BCUT2D eigenvalue weighted by molar-refractivity contribution is 5.81. The number of carbonyl (C=O) groups excluding carboxylic acids is 1. The Hall–Kier alpha value is -3.65. The number of carbonyl (C=O) groups is 1. The Kier molecular flexibility index (Phi) is 5.50. The number of fused-ring (bicyclic) bond motifs is 1. The van der Waals surface area contributed by atoms with Crippen LogP contribution in [0.4, 0.5) is 0 Å². The van der Waals surface area contributed by atoms with Gasteiger partial charge in [-0.15, -0.1) is 0 Å². The first-order valence-electron chi connectivity index (χ1n) is 11.9. The highest BCUT2D eigenvalue weighted by Gasteiger charge is 2.34. The molecule has 2 aliphatic rings. The molecule has 0 atom stereocenters. The number of hydrogen-bond acceptors (Lipinski definition) is 6. The molecule has 1 saturated heterocycles. The van der Waals surface area contributed by atoms with E-state index in [0.717, 1.165) is 79.4 Å². The Bertz CT molecular complexity index is 1310. The number of aromatic amines is 1. The van der Waals surface area contributed by atoms with Crippen molar-refractivity contribution in [2.75, 3.05) is 26.2 Å². The van der Waals surface area contributed by atoms with Gasteiger partial charge in [-0.2, -0.15) is 0 Å². The van der Waals surface area contributed by atoms with E-state index in [1.165, 1.54) is 5.56 Å². The number of amides is 1. The number of rotatable bonds is 6. The molecule has 0 unspecified atom stereocenters. The zero-order valence-corrected chi connectivity index (χ0v) is 19.0. The highest BCUT2D eigenvalue weighted by Crippen LogP contribution is 2.31. The Balaban J connectivity index is 1.11. The molecule has 1 aliphatic heterocycles. The molecule has 1 saturated carbocycles. The molecule has 1 amide bonds. The molecular formula is C26H27N7O. The molecule has 3 aromatic heterocycles. The molecule has 0 bridgehead atoms. The SMILES string of the molecule is O=C(C1CC1)N1CCN(Cc2ccnc(Cc3nc4ccc(-c5ccncn5)cc4[nH]3)c2)CC1.